The summed E-state index contributed by atoms with van der Waals surface area (Å²) in [5.41, 5.74) is 1.67. The van der Waals surface area contributed by atoms with Crippen LogP contribution in [0.25, 0.3) is 0 Å². The second kappa shape index (κ2) is 6.09. The molecule has 104 valence electrons. The number of rotatable bonds is 6. The third-order valence-corrected chi connectivity index (χ3v) is 3.51. The Kier molecular flexibility index (Phi) is 4.46. The zero-order chi connectivity index (χ0) is 13.8. The van der Waals surface area contributed by atoms with E-state index in [0.717, 1.165) is 17.7 Å². The molecule has 1 aromatic rings. The van der Waals surface area contributed by atoms with Gasteiger partial charge in [-0.15, -0.1) is 0 Å². The van der Waals surface area contributed by atoms with Gasteiger partial charge in [0.25, 0.3) is 5.91 Å². The lowest BCUT2D eigenvalue weighted by Crippen LogP contribution is -2.28. The van der Waals surface area contributed by atoms with Crippen LogP contribution in [0.1, 0.15) is 50.4 Å². The maximum atomic E-state index is 12.3. The Bertz CT molecular complexity index is 442. The van der Waals surface area contributed by atoms with Crippen LogP contribution in [0.4, 0.5) is 5.69 Å². The quantitative estimate of drug-likeness (QED) is 0.822. The summed E-state index contributed by atoms with van der Waals surface area (Å²) in [6.07, 6.45) is 3.55. The largest absolute Gasteiger partial charge is 0.382 e. The molecule has 1 saturated carbocycles. The number of carbonyl (C=O) groups excluding carboxylic acids is 1. The Balaban J connectivity index is 1.99. The minimum absolute atomic E-state index is 0.0485. The molecular weight excluding hydrogens is 236 g/mol. The van der Waals surface area contributed by atoms with Gasteiger partial charge in [0, 0.05) is 17.8 Å². The topological polar surface area (TPSA) is 41.1 Å². The van der Waals surface area contributed by atoms with Crippen LogP contribution in [0, 0.1) is 5.92 Å². The Morgan fingerprint density at radius 2 is 2.11 bits per heavy atom. The molecular formula is C16H24N2O. The van der Waals surface area contributed by atoms with Crippen LogP contribution < -0.4 is 10.6 Å². The normalized spacial score (nSPS) is 21.3. The predicted octanol–water partition coefficient (Wildman–Crippen LogP) is 3.43. The lowest BCUT2D eigenvalue weighted by Gasteiger charge is -2.14. The van der Waals surface area contributed by atoms with E-state index in [2.05, 4.69) is 31.4 Å². The SMILES string of the molecule is CCCC1CC1NC(=O)c1ccccc1NC(C)C. The molecule has 1 amide bonds. The third kappa shape index (κ3) is 3.72. The van der Waals surface area contributed by atoms with Crippen LogP contribution in [0.2, 0.25) is 0 Å². The summed E-state index contributed by atoms with van der Waals surface area (Å²) in [5.74, 6) is 0.742. The van der Waals surface area contributed by atoms with Crippen molar-refractivity contribution in [1.82, 2.24) is 5.32 Å². The molecule has 2 atom stereocenters. The number of amides is 1. The lowest BCUT2D eigenvalue weighted by molar-refractivity contribution is 0.0949. The summed E-state index contributed by atoms with van der Waals surface area (Å²) in [4.78, 5) is 12.3. The summed E-state index contributed by atoms with van der Waals surface area (Å²) in [5, 5.41) is 6.46. The van der Waals surface area contributed by atoms with E-state index in [4.69, 9.17) is 0 Å². The summed E-state index contributed by atoms with van der Waals surface area (Å²) in [6.45, 7) is 6.35. The van der Waals surface area contributed by atoms with Crippen LogP contribution in [0.15, 0.2) is 24.3 Å². The first-order valence-electron chi connectivity index (χ1n) is 7.28. The number of nitrogens with one attached hydrogen (secondary N) is 2. The van der Waals surface area contributed by atoms with Crippen molar-refractivity contribution in [3.05, 3.63) is 29.8 Å². The first-order chi connectivity index (χ1) is 9.11. The molecule has 1 fully saturated rings. The Morgan fingerprint density at radius 3 is 2.79 bits per heavy atom. The Morgan fingerprint density at radius 1 is 1.37 bits per heavy atom. The highest BCUT2D eigenvalue weighted by molar-refractivity contribution is 5.99. The van der Waals surface area contributed by atoms with Gasteiger partial charge >= 0.3 is 0 Å². The van der Waals surface area contributed by atoms with E-state index in [-0.39, 0.29) is 5.91 Å². The van der Waals surface area contributed by atoms with E-state index in [1.165, 1.54) is 12.8 Å². The van der Waals surface area contributed by atoms with Gasteiger partial charge in [-0.1, -0.05) is 25.5 Å². The molecule has 0 bridgehead atoms. The molecule has 1 aromatic carbocycles. The lowest BCUT2D eigenvalue weighted by atomic mass is 10.1. The molecule has 0 heterocycles. The second-order valence-corrected chi connectivity index (χ2v) is 5.71. The van der Waals surface area contributed by atoms with Gasteiger partial charge in [0.1, 0.15) is 0 Å². The molecule has 3 heteroatoms. The molecule has 0 saturated heterocycles. The molecule has 0 radical (unpaired) electrons. The van der Waals surface area contributed by atoms with Crippen molar-refractivity contribution in [2.75, 3.05) is 5.32 Å². The van der Waals surface area contributed by atoms with E-state index in [1.54, 1.807) is 0 Å². The van der Waals surface area contributed by atoms with Gasteiger partial charge in [-0.3, -0.25) is 4.79 Å². The smallest absolute Gasteiger partial charge is 0.253 e. The predicted molar refractivity (Wildman–Crippen MR) is 79.5 cm³/mol. The maximum absolute atomic E-state index is 12.3. The van der Waals surface area contributed by atoms with Gasteiger partial charge in [0.05, 0.1) is 5.56 Å². The molecule has 1 aliphatic rings. The number of hydrogen-bond acceptors (Lipinski definition) is 2. The van der Waals surface area contributed by atoms with Crippen LogP contribution in [0.5, 0.6) is 0 Å². The minimum Gasteiger partial charge on any atom is -0.382 e. The maximum Gasteiger partial charge on any atom is 0.253 e. The first-order valence-corrected chi connectivity index (χ1v) is 7.28. The van der Waals surface area contributed by atoms with Gasteiger partial charge < -0.3 is 10.6 Å². The fourth-order valence-electron chi connectivity index (χ4n) is 2.48. The zero-order valence-electron chi connectivity index (χ0n) is 12.1. The van der Waals surface area contributed by atoms with Crippen molar-refractivity contribution in [3.8, 4) is 0 Å². The average Bonchev–Trinajstić information content (AvgIpc) is 3.07. The molecule has 0 spiro atoms. The Hall–Kier alpha value is -1.51. The van der Waals surface area contributed by atoms with Crippen molar-refractivity contribution in [1.29, 1.82) is 0 Å². The van der Waals surface area contributed by atoms with Crippen LogP contribution in [-0.2, 0) is 0 Å². The van der Waals surface area contributed by atoms with Gasteiger partial charge in [0.2, 0.25) is 0 Å². The molecule has 0 aliphatic heterocycles. The standard InChI is InChI=1S/C16H24N2O/c1-4-7-12-10-15(12)18-16(19)13-8-5-6-9-14(13)17-11(2)3/h5-6,8-9,11-12,15,17H,4,7,10H2,1-3H3,(H,18,19). The number of para-hydroxylation sites is 1. The highest BCUT2D eigenvalue weighted by Gasteiger charge is 2.37. The Labute approximate surface area is 115 Å². The first kappa shape index (κ1) is 13.9. The molecule has 2 rings (SSSR count). The molecule has 19 heavy (non-hydrogen) atoms. The van der Waals surface area contributed by atoms with E-state index in [0.29, 0.717) is 18.0 Å². The van der Waals surface area contributed by atoms with Crippen molar-refractivity contribution >= 4 is 11.6 Å². The number of hydrogen-bond donors (Lipinski definition) is 2. The molecule has 3 nitrogen and oxygen atoms in total. The van der Waals surface area contributed by atoms with Crippen molar-refractivity contribution in [3.63, 3.8) is 0 Å². The van der Waals surface area contributed by atoms with Crippen LogP contribution >= 0.6 is 0 Å². The van der Waals surface area contributed by atoms with Gasteiger partial charge in [0.15, 0.2) is 0 Å². The zero-order valence-corrected chi connectivity index (χ0v) is 12.1. The van der Waals surface area contributed by atoms with E-state index in [9.17, 15) is 4.79 Å². The number of anilines is 1. The van der Waals surface area contributed by atoms with Crippen molar-refractivity contribution < 1.29 is 4.79 Å². The van der Waals surface area contributed by atoms with Gasteiger partial charge in [-0.25, -0.2) is 0 Å². The van der Waals surface area contributed by atoms with Crippen LogP contribution in [0.3, 0.4) is 0 Å². The fourth-order valence-corrected chi connectivity index (χ4v) is 2.48. The van der Waals surface area contributed by atoms with E-state index < -0.39 is 0 Å². The summed E-state index contributed by atoms with van der Waals surface area (Å²) >= 11 is 0. The molecule has 2 N–H and O–H groups in total. The van der Waals surface area contributed by atoms with Crippen LogP contribution in [-0.4, -0.2) is 18.0 Å². The number of benzene rings is 1. The van der Waals surface area contributed by atoms with Crippen molar-refractivity contribution in [2.24, 2.45) is 5.92 Å². The highest BCUT2D eigenvalue weighted by Crippen LogP contribution is 2.34. The monoisotopic (exact) mass is 260 g/mol. The third-order valence-electron chi connectivity index (χ3n) is 3.51. The number of carbonyl (C=O) groups is 1. The molecule has 0 aromatic heterocycles. The van der Waals surface area contributed by atoms with E-state index >= 15 is 0 Å². The van der Waals surface area contributed by atoms with E-state index in [1.807, 2.05) is 24.3 Å². The van der Waals surface area contributed by atoms with Crippen molar-refractivity contribution in [2.45, 2.75) is 52.1 Å². The fraction of sp³-hybridized carbons (Fsp3) is 0.562. The summed E-state index contributed by atoms with van der Waals surface area (Å²) < 4.78 is 0. The summed E-state index contributed by atoms with van der Waals surface area (Å²) in [7, 11) is 0. The molecule has 1 aliphatic carbocycles. The summed E-state index contributed by atoms with van der Waals surface area (Å²) in [6, 6.07) is 8.43. The second-order valence-electron chi connectivity index (χ2n) is 5.71. The van der Waals surface area contributed by atoms with Gasteiger partial charge in [-0.05, 0) is 44.7 Å². The van der Waals surface area contributed by atoms with Gasteiger partial charge in [-0.2, -0.15) is 0 Å². The minimum atomic E-state index is 0.0485. The molecule has 2 unspecified atom stereocenters. The highest BCUT2D eigenvalue weighted by atomic mass is 16.1. The average molecular weight is 260 g/mol.